The number of aryl methyl sites for hydroxylation is 1. The van der Waals surface area contributed by atoms with E-state index in [0.29, 0.717) is 23.7 Å². The van der Waals surface area contributed by atoms with Crippen molar-refractivity contribution in [3.8, 4) is 5.75 Å². The standard InChI is InChI=1S/C27H23N3O2S/c1-19-9-11-24(12-10-19)32-17-20-13-26(33-18-20)27(31)29-23-14-28-30(16-23)15-22-7-4-6-21-5-2-3-8-25(21)22/h2-14,16,18H,15,17H2,1H3,(H,29,31). The molecule has 5 aromatic rings. The summed E-state index contributed by atoms with van der Waals surface area (Å²) in [6.45, 7) is 3.10. The molecule has 5 nitrogen and oxygen atoms in total. The van der Waals surface area contributed by atoms with E-state index in [1.807, 2.05) is 65.6 Å². The zero-order valence-electron chi connectivity index (χ0n) is 18.2. The van der Waals surface area contributed by atoms with Crippen molar-refractivity contribution in [2.45, 2.75) is 20.1 Å². The van der Waals surface area contributed by atoms with E-state index in [1.54, 1.807) is 6.20 Å². The van der Waals surface area contributed by atoms with E-state index < -0.39 is 0 Å². The third-order valence-electron chi connectivity index (χ3n) is 5.41. The monoisotopic (exact) mass is 453 g/mol. The summed E-state index contributed by atoms with van der Waals surface area (Å²) in [5.41, 5.74) is 4.02. The van der Waals surface area contributed by atoms with E-state index in [0.717, 1.165) is 11.3 Å². The van der Waals surface area contributed by atoms with Crippen LogP contribution in [0.1, 0.15) is 26.4 Å². The molecule has 0 radical (unpaired) electrons. The van der Waals surface area contributed by atoms with Crippen molar-refractivity contribution in [3.05, 3.63) is 112 Å². The molecule has 0 aliphatic heterocycles. The van der Waals surface area contributed by atoms with Crippen LogP contribution in [0.5, 0.6) is 5.75 Å². The third-order valence-corrected chi connectivity index (χ3v) is 6.39. The Balaban J connectivity index is 1.21. The Morgan fingerprint density at radius 3 is 2.76 bits per heavy atom. The van der Waals surface area contributed by atoms with E-state index in [2.05, 4.69) is 40.7 Å². The van der Waals surface area contributed by atoms with Crippen LogP contribution in [0.15, 0.2) is 90.6 Å². The normalized spacial score (nSPS) is 10.9. The van der Waals surface area contributed by atoms with Gasteiger partial charge in [-0.2, -0.15) is 5.10 Å². The summed E-state index contributed by atoms with van der Waals surface area (Å²) in [4.78, 5) is 13.3. The first kappa shape index (κ1) is 21.0. The minimum absolute atomic E-state index is 0.147. The molecular formula is C27H23N3O2S. The maximum Gasteiger partial charge on any atom is 0.265 e. The van der Waals surface area contributed by atoms with E-state index >= 15 is 0 Å². The van der Waals surface area contributed by atoms with E-state index in [9.17, 15) is 4.79 Å². The summed E-state index contributed by atoms with van der Waals surface area (Å²) in [6, 6.07) is 24.4. The molecule has 0 aliphatic rings. The Labute approximate surface area is 196 Å². The fourth-order valence-corrected chi connectivity index (χ4v) is 4.48. The molecule has 164 valence electrons. The van der Waals surface area contributed by atoms with Crippen LogP contribution in [0, 0.1) is 6.92 Å². The van der Waals surface area contributed by atoms with Crippen molar-refractivity contribution in [3.63, 3.8) is 0 Å². The quantitative estimate of drug-likeness (QED) is 0.315. The van der Waals surface area contributed by atoms with E-state index in [1.165, 1.54) is 33.2 Å². The highest BCUT2D eigenvalue weighted by molar-refractivity contribution is 7.12. The van der Waals surface area contributed by atoms with Crippen LogP contribution in [0.3, 0.4) is 0 Å². The summed E-state index contributed by atoms with van der Waals surface area (Å²) in [6.07, 6.45) is 3.53. The number of carbonyl (C=O) groups excluding carboxylic acids is 1. The largest absolute Gasteiger partial charge is 0.489 e. The molecule has 2 heterocycles. The van der Waals surface area contributed by atoms with Gasteiger partial charge in [0.25, 0.3) is 5.91 Å². The zero-order valence-corrected chi connectivity index (χ0v) is 19.0. The van der Waals surface area contributed by atoms with Crippen LogP contribution in [0.4, 0.5) is 5.69 Å². The summed E-state index contributed by atoms with van der Waals surface area (Å²) < 4.78 is 7.65. The molecular weight excluding hydrogens is 430 g/mol. The first-order valence-electron chi connectivity index (χ1n) is 10.7. The molecule has 0 fully saturated rings. The fourth-order valence-electron chi connectivity index (χ4n) is 3.68. The van der Waals surface area contributed by atoms with Crippen LogP contribution in [0.2, 0.25) is 0 Å². The average molecular weight is 454 g/mol. The molecule has 6 heteroatoms. The van der Waals surface area contributed by atoms with Crippen molar-refractivity contribution >= 4 is 33.7 Å². The second kappa shape index (κ2) is 9.30. The van der Waals surface area contributed by atoms with Crippen LogP contribution >= 0.6 is 11.3 Å². The number of anilines is 1. The lowest BCUT2D eigenvalue weighted by atomic mass is 10.0. The zero-order chi connectivity index (χ0) is 22.6. The Bertz CT molecular complexity index is 1400. The molecule has 1 N–H and O–H groups in total. The first-order chi connectivity index (χ1) is 16.1. The number of hydrogen-bond donors (Lipinski definition) is 1. The van der Waals surface area contributed by atoms with Gasteiger partial charge in [-0.1, -0.05) is 60.2 Å². The maximum atomic E-state index is 12.7. The number of amides is 1. The van der Waals surface area contributed by atoms with Gasteiger partial charge in [0, 0.05) is 11.8 Å². The van der Waals surface area contributed by atoms with Crippen LogP contribution in [-0.4, -0.2) is 15.7 Å². The lowest BCUT2D eigenvalue weighted by Crippen LogP contribution is -2.09. The molecule has 3 aromatic carbocycles. The Morgan fingerprint density at radius 1 is 1.06 bits per heavy atom. The highest BCUT2D eigenvalue weighted by Gasteiger charge is 2.12. The predicted octanol–water partition coefficient (Wildman–Crippen LogP) is 6.29. The highest BCUT2D eigenvalue weighted by atomic mass is 32.1. The number of nitrogens with one attached hydrogen (secondary N) is 1. The van der Waals surface area contributed by atoms with Gasteiger partial charge >= 0.3 is 0 Å². The Kier molecular flexibility index (Phi) is 5.91. The molecule has 0 saturated heterocycles. The van der Waals surface area contributed by atoms with Crippen molar-refractivity contribution in [2.24, 2.45) is 0 Å². The predicted molar refractivity (Wildman–Crippen MR) is 133 cm³/mol. The molecule has 0 atom stereocenters. The van der Waals surface area contributed by atoms with Gasteiger partial charge in [-0.05, 0) is 46.8 Å². The van der Waals surface area contributed by atoms with Crippen LogP contribution in [-0.2, 0) is 13.2 Å². The van der Waals surface area contributed by atoms with Gasteiger partial charge in [-0.3, -0.25) is 9.48 Å². The SMILES string of the molecule is Cc1ccc(OCc2csc(C(=O)Nc3cnn(Cc4cccc5ccccc45)c3)c2)cc1. The molecule has 5 rings (SSSR count). The minimum atomic E-state index is -0.147. The number of fused-ring (bicyclic) bond motifs is 1. The second-order valence-electron chi connectivity index (χ2n) is 7.94. The number of ether oxygens (including phenoxy) is 1. The fraction of sp³-hybridized carbons (Fsp3) is 0.111. The highest BCUT2D eigenvalue weighted by Crippen LogP contribution is 2.21. The van der Waals surface area contributed by atoms with Crippen molar-refractivity contribution < 1.29 is 9.53 Å². The second-order valence-corrected chi connectivity index (χ2v) is 8.85. The molecule has 1 amide bonds. The van der Waals surface area contributed by atoms with Crippen molar-refractivity contribution in [2.75, 3.05) is 5.32 Å². The Morgan fingerprint density at radius 2 is 1.88 bits per heavy atom. The number of thiophene rings is 1. The van der Waals surface area contributed by atoms with Gasteiger partial charge in [0.1, 0.15) is 12.4 Å². The number of rotatable bonds is 7. The molecule has 33 heavy (non-hydrogen) atoms. The molecule has 2 aromatic heterocycles. The summed E-state index contributed by atoms with van der Waals surface area (Å²) in [5, 5.41) is 11.7. The van der Waals surface area contributed by atoms with Gasteiger partial charge in [0.15, 0.2) is 0 Å². The summed E-state index contributed by atoms with van der Waals surface area (Å²) in [5.74, 6) is 0.669. The van der Waals surface area contributed by atoms with Gasteiger partial charge in [0.2, 0.25) is 0 Å². The van der Waals surface area contributed by atoms with Crippen LogP contribution < -0.4 is 10.1 Å². The van der Waals surface area contributed by atoms with Gasteiger partial charge < -0.3 is 10.1 Å². The molecule has 0 saturated carbocycles. The minimum Gasteiger partial charge on any atom is -0.489 e. The van der Waals surface area contributed by atoms with E-state index in [4.69, 9.17) is 4.74 Å². The average Bonchev–Trinajstić information content (AvgIpc) is 3.49. The third kappa shape index (κ3) is 4.96. The Hall–Kier alpha value is -3.90. The maximum absolute atomic E-state index is 12.7. The smallest absolute Gasteiger partial charge is 0.265 e. The molecule has 0 spiro atoms. The number of hydrogen-bond acceptors (Lipinski definition) is 4. The summed E-state index contributed by atoms with van der Waals surface area (Å²) in [7, 11) is 0. The van der Waals surface area contributed by atoms with Crippen LogP contribution in [0.25, 0.3) is 10.8 Å². The van der Waals surface area contributed by atoms with Gasteiger partial charge in [-0.25, -0.2) is 0 Å². The van der Waals surface area contributed by atoms with Gasteiger partial charge in [0.05, 0.1) is 23.3 Å². The number of nitrogens with zero attached hydrogens (tertiary/aromatic N) is 2. The molecule has 0 aliphatic carbocycles. The topological polar surface area (TPSA) is 56.1 Å². The number of carbonyl (C=O) groups is 1. The molecule has 0 bridgehead atoms. The lowest BCUT2D eigenvalue weighted by Gasteiger charge is -2.06. The summed E-state index contributed by atoms with van der Waals surface area (Å²) >= 11 is 1.41. The van der Waals surface area contributed by atoms with E-state index in [-0.39, 0.29) is 5.91 Å². The van der Waals surface area contributed by atoms with Crippen molar-refractivity contribution in [1.82, 2.24) is 9.78 Å². The van der Waals surface area contributed by atoms with Gasteiger partial charge in [-0.15, -0.1) is 11.3 Å². The number of benzene rings is 3. The van der Waals surface area contributed by atoms with Crippen molar-refractivity contribution in [1.29, 1.82) is 0 Å². The number of aromatic nitrogens is 2. The molecule has 0 unspecified atom stereocenters. The lowest BCUT2D eigenvalue weighted by molar-refractivity contribution is 0.103. The first-order valence-corrected chi connectivity index (χ1v) is 11.6.